The summed E-state index contributed by atoms with van der Waals surface area (Å²) in [6.07, 6.45) is 9.14. The van der Waals surface area contributed by atoms with E-state index in [1.54, 1.807) is 18.5 Å². The van der Waals surface area contributed by atoms with Gasteiger partial charge in [-0.05, 0) is 18.6 Å². The van der Waals surface area contributed by atoms with Crippen LogP contribution in [0.25, 0.3) is 0 Å². The lowest BCUT2D eigenvalue weighted by Crippen LogP contribution is -1.94. The minimum Gasteiger partial charge on any atom is -0.285 e. The van der Waals surface area contributed by atoms with Gasteiger partial charge < -0.3 is 0 Å². The molecule has 1 heterocycles. The van der Waals surface area contributed by atoms with Crippen LogP contribution in [0.3, 0.4) is 0 Å². The molecule has 0 saturated heterocycles. The molecule has 2 heteroatoms. The average molecular weight is 160 g/mol. The molecule has 0 atom stereocenters. The first-order valence-electron chi connectivity index (χ1n) is 3.85. The van der Waals surface area contributed by atoms with Gasteiger partial charge in [-0.3, -0.25) is 9.98 Å². The summed E-state index contributed by atoms with van der Waals surface area (Å²) in [5.41, 5.74) is 2.14. The summed E-state index contributed by atoms with van der Waals surface area (Å²) in [4.78, 5) is 8.24. The Morgan fingerprint density at radius 1 is 1.58 bits per heavy atom. The van der Waals surface area contributed by atoms with Crippen LogP contribution in [0.15, 0.2) is 46.1 Å². The molecular formula is C10H12N2. The van der Waals surface area contributed by atoms with Crippen LogP contribution in [0.2, 0.25) is 0 Å². The summed E-state index contributed by atoms with van der Waals surface area (Å²) in [6, 6.07) is 0. The van der Waals surface area contributed by atoms with Gasteiger partial charge in [0.15, 0.2) is 0 Å². The van der Waals surface area contributed by atoms with Crippen molar-refractivity contribution < 1.29 is 0 Å². The minimum atomic E-state index is 0.679. The normalized spacial score (nSPS) is 20.1. The molecule has 1 aliphatic rings. The van der Waals surface area contributed by atoms with Crippen LogP contribution in [0.4, 0.5) is 0 Å². The first-order chi connectivity index (χ1) is 5.83. The highest BCUT2D eigenvalue weighted by atomic mass is 14.9. The third kappa shape index (κ3) is 2.66. The van der Waals surface area contributed by atoms with E-state index in [0.29, 0.717) is 6.54 Å². The van der Waals surface area contributed by atoms with Gasteiger partial charge >= 0.3 is 0 Å². The maximum Gasteiger partial charge on any atom is 0.0812 e. The van der Waals surface area contributed by atoms with E-state index >= 15 is 0 Å². The van der Waals surface area contributed by atoms with E-state index in [0.717, 1.165) is 11.3 Å². The van der Waals surface area contributed by atoms with Gasteiger partial charge in [-0.2, -0.15) is 0 Å². The van der Waals surface area contributed by atoms with Crippen molar-refractivity contribution in [2.24, 2.45) is 9.98 Å². The van der Waals surface area contributed by atoms with Crippen LogP contribution in [0.1, 0.15) is 6.92 Å². The third-order valence-corrected chi connectivity index (χ3v) is 1.44. The zero-order chi connectivity index (χ0) is 8.81. The van der Waals surface area contributed by atoms with Gasteiger partial charge in [-0.15, -0.1) is 0 Å². The summed E-state index contributed by atoms with van der Waals surface area (Å²) in [5.74, 6) is 0. The quantitative estimate of drug-likeness (QED) is 0.553. The fourth-order valence-corrected chi connectivity index (χ4v) is 0.943. The molecule has 0 N–H and O–H groups in total. The van der Waals surface area contributed by atoms with Gasteiger partial charge in [-0.25, -0.2) is 0 Å². The molecule has 0 unspecified atom stereocenters. The topological polar surface area (TPSA) is 24.7 Å². The van der Waals surface area contributed by atoms with Crippen molar-refractivity contribution in [3.05, 3.63) is 36.1 Å². The minimum absolute atomic E-state index is 0.679. The van der Waals surface area contributed by atoms with Gasteiger partial charge in [-0.1, -0.05) is 18.7 Å². The zero-order valence-electron chi connectivity index (χ0n) is 7.20. The summed E-state index contributed by atoms with van der Waals surface area (Å²) in [6.45, 7) is 6.32. The maximum absolute atomic E-state index is 4.16. The van der Waals surface area contributed by atoms with E-state index < -0.39 is 0 Å². The first-order valence-corrected chi connectivity index (χ1v) is 3.85. The molecule has 62 valence electrons. The molecule has 1 aliphatic heterocycles. The molecule has 0 aromatic carbocycles. The second-order valence-electron chi connectivity index (χ2n) is 2.55. The number of rotatable bonds is 2. The van der Waals surface area contributed by atoms with Crippen molar-refractivity contribution in [3.63, 3.8) is 0 Å². The third-order valence-electron chi connectivity index (χ3n) is 1.44. The average Bonchev–Trinajstić information content (AvgIpc) is 2.06. The monoisotopic (exact) mass is 160 g/mol. The summed E-state index contributed by atoms with van der Waals surface area (Å²) < 4.78 is 0. The fourth-order valence-electron chi connectivity index (χ4n) is 0.943. The van der Waals surface area contributed by atoms with Gasteiger partial charge in [0.25, 0.3) is 0 Å². The Balaban J connectivity index is 2.69. The fraction of sp³-hybridized carbons (Fsp3) is 0.200. The predicted molar refractivity (Wildman–Crippen MR) is 53.9 cm³/mol. The number of allylic oxidation sites excluding steroid dienone is 4. The van der Waals surface area contributed by atoms with Gasteiger partial charge in [0.05, 0.1) is 12.2 Å². The van der Waals surface area contributed by atoms with E-state index in [1.165, 1.54) is 0 Å². The number of nitrogens with zero attached hydrogens (tertiary/aromatic N) is 2. The predicted octanol–water partition coefficient (Wildman–Crippen LogP) is 2.16. The molecular weight excluding hydrogens is 148 g/mol. The Labute approximate surface area is 72.7 Å². The molecule has 0 radical (unpaired) electrons. The summed E-state index contributed by atoms with van der Waals surface area (Å²) in [7, 11) is 0. The van der Waals surface area contributed by atoms with Crippen LogP contribution >= 0.6 is 0 Å². The zero-order valence-corrected chi connectivity index (χ0v) is 7.20. The largest absolute Gasteiger partial charge is 0.285 e. The van der Waals surface area contributed by atoms with Crippen LogP contribution in [0, 0.1) is 0 Å². The molecule has 0 saturated carbocycles. The summed E-state index contributed by atoms with van der Waals surface area (Å²) >= 11 is 0. The molecule has 0 bridgehead atoms. The standard InChI is InChI=1S/C10H12N2/c1-3-4-9(2)7-10-8-11-5-6-12-10/h3-7H,1,8H2,2H3/b9-4-,10-7+. The second-order valence-corrected chi connectivity index (χ2v) is 2.55. The van der Waals surface area contributed by atoms with E-state index in [1.807, 2.05) is 19.1 Å². The second kappa shape index (κ2) is 4.44. The molecule has 0 amide bonds. The Hall–Kier alpha value is -1.44. The SMILES string of the molecule is C=C/C=C(C)\C=C1/CN=CC=N1. The molecule has 0 aliphatic carbocycles. The maximum atomic E-state index is 4.16. The number of aliphatic imine (C=N–C) groups is 2. The van der Waals surface area contributed by atoms with Crippen molar-refractivity contribution in [3.8, 4) is 0 Å². The van der Waals surface area contributed by atoms with Crippen molar-refractivity contribution in [1.29, 1.82) is 0 Å². The lowest BCUT2D eigenvalue weighted by molar-refractivity contribution is 1.10. The van der Waals surface area contributed by atoms with Crippen LogP contribution in [-0.4, -0.2) is 19.0 Å². The van der Waals surface area contributed by atoms with Crippen LogP contribution < -0.4 is 0 Å². The molecule has 2 nitrogen and oxygen atoms in total. The van der Waals surface area contributed by atoms with E-state index in [9.17, 15) is 0 Å². The molecule has 1 rings (SSSR count). The molecule has 0 spiro atoms. The molecule has 0 aromatic rings. The first kappa shape index (κ1) is 8.65. The Morgan fingerprint density at radius 2 is 2.42 bits per heavy atom. The van der Waals surface area contributed by atoms with E-state index in [-0.39, 0.29) is 0 Å². The van der Waals surface area contributed by atoms with Crippen molar-refractivity contribution >= 4 is 12.4 Å². The molecule has 0 fully saturated rings. The lowest BCUT2D eigenvalue weighted by Gasteiger charge is -2.00. The highest BCUT2D eigenvalue weighted by molar-refractivity contribution is 6.16. The number of hydrogen-bond acceptors (Lipinski definition) is 2. The van der Waals surface area contributed by atoms with E-state index in [2.05, 4.69) is 16.6 Å². The Bertz CT molecular complexity index is 280. The Kier molecular flexibility index (Phi) is 3.20. The van der Waals surface area contributed by atoms with E-state index in [4.69, 9.17) is 0 Å². The van der Waals surface area contributed by atoms with Crippen LogP contribution in [0.5, 0.6) is 0 Å². The molecule has 0 aromatic heterocycles. The smallest absolute Gasteiger partial charge is 0.0812 e. The molecule has 12 heavy (non-hydrogen) atoms. The highest BCUT2D eigenvalue weighted by Gasteiger charge is 1.94. The lowest BCUT2D eigenvalue weighted by atomic mass is 10.2. The highest BCUT2D eigenvalue weighted by Crippen LogP contribution is 2.05. The van der Waals surface area contributed by atoms with Crippen molar-refractivity contribution in [2.75, 3.05) is 6.54 Å². The Morgan fingerprint density at radius 3 is 3.00 bits per heavy atom. The van der Waals surface area contributed by atoms with Gasteiger partial charge in [0.2, 0.25) is 0 Å². The van der Waals surface area contributed by atoms with Gasteiger partial charge in [0.1, 0.15) is 0 Å². The van der Waals surface area contributed by atoms with Crippen molar-refractivity contribution in [2.45, 2.75) is 6.92 Å². The summed E-state index contributed by atoms with van der Waals surface area (Å²) in [5, 5.41) is 0. The van der Waals surface area contributed by atoms with Crippen LogP contribution in [-0.2, 0) is 0 Å². The van der Waals surface area contributed by atoms with Gasteiger partial charge in [0, 0.05) is 12.4 Å². The van der Waals surface area contributed by atoms with Crippen molar-refractivity contribution in [1.82, 2.24) is 0 Å². The number of hydrogen-bond donors (Lipinski definition) is 0.